The van der Waals surface area contributed by atoms with Crippen LogP contribution in [0.2, 0.25) is 0 Å². The summed E-state index contributed by atoms with van der Waals surface area (Å²) in [5.74, 6) is 2.12. The number of aromatic hydroxyl groups is 1. The number of rotatable bonds is 10. The molecule has 5 nitrogen and oxygen atoms in total. The van der Waals surface area contributed by atoms with Crippen LogP contribution in [0.5, 0.6) is 28.7 Å². The highest BCUT2D eigenvalue weighted by Gasteiger charge is 2.09. The van der Waals surface area contributed by atoms with Crippen molar-refractivity contribution in [3.8, 4) is 28.7 Å². The topological polar surface area (TPSA) is 65.0 Å². The lowest BCUT2D eigenvalue weighted by atomic mass is 10.2. The Morgan fingerprint density at radius 1 is 0.733 bits per heavy atom. The lowest BCUT2D eigenvalue weighted by Gasteiger charge is -2.09. The van der Waals surface area contributed by atoms with E-state index in [0.29, 0.717) is 29.4 Å². The van der Waals surface area contributed by atoms with Gasteiger partial charge in [-0.05, 0) is 79.2 Å². The minimum atomic E-state index is -0.434. The van der Waals surface area contributed by atoms with Crippen molar-refractivity contribution in [3.63, 3.8) is 0 Å². The summed E-state index contributed by atoms with van der Waals surface area (Å²) in [7, 11) is 0. The molecule has 0 aliphatic rings. The van der Waals surface area contributed by atoms with Gasteiger partial charge in [0.25, 0.3) is 0 Å². The fourth-order valence-electron chi connectivity index (χ4n) is 2.80. The molecule has 3 aromatic carbocycles. The molecular formula is C25H26O5. The van der Waals surface area contributed by atoms with Crippen LogP contribution in [0.4, 0.5) is 0 Å². The summed E-state index contributed by atoms with van der Waals surface area (Å²) in [4.78, 5) is 12.3. The van der Waals surface area contributed by atoms with E-state index in [-0.39, 0.29) is 5.75 Å². The molecule has 0 aliphatic heterocycles. The van der Waals surface area contributed by atoms with Crippen LogP contribution in [0, 0.1) is 0 Å². The van der Waals surface area contributed by atoms with Gasteiger partial charge in [-0.1, -0.05) is 26.2 Å². The average molecular weight is 406 g/mol. The fourth-order valence-corrected chi connectivity index (χ4v) is 2.80. The Balaban J connectivity index is 1.49. The van der Waals surface area contributed by atoms with Crippen molar-refractivity contribution in [3.05, 3.63) is 78.4 Å². The van der Waals surface area contributed by atoms with E-state index >= 15 is 0 Å². The summed E-state index contributed by atoms with van der Waals surface area (Å²) >= 11 is 0. The van der Waals surface area contributed by atoms with Crippen molar-refractivity contribution in [2.75, 3.05) is 6.61 Å². The van der Waals surface area contributed by atoms with E-state index < -0.39 is 5.97 Å². The number of ether oxygens (including phenoxy) is 3. The largest absolute Gasteiger partial charge is 0.508 e. The third-order valence-electron chi connectivity index (χ3n) is 4.46. The smallest absolute Gasteiger partial charge is 0.343 e. The Morgan fingerprint density at radius 2 is 1.30 bits per heavy atom. The SMILES string of the molecule is CCCCCCOc1ccc(C(=O)Oc2ccc(Oc3ccc(O)cc3)cc2)cc1. The number of carbonyl (C=O) groups excluding carboxylic acids is 1. The highest BCUT2D eigenvalue weighted by Crippen LogP contribution is 2.25. The molecule has 0 aromatic heterocycles. The van der Waals surface area contributed by atoms with E-state index in [9.17, 15) is 9.90 Å². The fraction of sp³-hybridized carbons (Fsp3) is 0.240. The first kappa shape index (κ1) is 21.2. The Hall–Kier alpha value is -3.47. The first-order chi connectivity index (χ1) is 14.6. The van der Waals surface area contributed by atoms with Crippen molar-refractivity contribution in [2.45, 2.75) is 32.6 Å². The van der Waals surface area contributed by atoms with E-state index in [1.165, 1.54) is 19.3 Å². The zero-order chi connectivity index (χ0) is 21.2. The van der Waals surface area contributed by atoms with Crippen LogP contribution in [0.1, 0.15) is 43.0 Å². The molecule has 0 aliphatic carbocycles. The van der Waals surface area contributed by atoms with E-state index in [0.717, 1.165) is 12.2 Å². The highest BCUT2D eigenvalue weighted by atomic mass is 16.5. The lowest BCUT2D eigenvalue weighted by molar-refractivity contribution is 0.0734. The van der Waals surface area contributed by atoms with Crippen LogP contribution >= 0.6 is 0 Å². The number of phenols is 1. The Morgan fingerprint density at radius 3 is 1.93 bits per heavy atom. The zero-order valence-electron chi connectivity index (χ0n) is 17.0. The van der Waals surface area contributed by atoms with Crippen molar-refractivity contribution in [2.24, 2.45) is 0 Å². The van der Waals surface area contributed by atoms with Gasteiger partial charge in [0.1, 0.15) is 28.7 Å². The van der Waals surface area contributed by atoms with Gasteiger partial charge < -0.3 is 19.3 Å². The van der Waals surface area contributed by atoms with E-state index in [1.807, 2.05) is 0 Å². The number of phenolic OH excluding ortho intramolecular Hbond substituents is 1. The molecule has 0 fully saturated rings. The van der Waals surface area contributed by atoms with Gasteiger partial charge in [-0.2, -0.15) is 0 Å². The van der Waals surface area contributed by atoms with Gasteiger partial charge in [0.15, 0.2) is 0 Å². The first-order valence-electron chi connectivity index (χ1n) is 10.2. The summed E-state index contributed by atoms with van der Waals surface area (Å²) in [5.41, 5.74) is 0.456. The molecule has 0 radical (unpaired) electrons. The summed E-state index contributed by atoms with van der Waals surface area (Å²) in [5, 5.41) is 9.31. The number of hydrogen-bond acceptors (Lipinski definition) is 5. The molecule has 3 rings (SSSR count). The minimum Gasteiger partial charge on any atom is -0.508 e. The number of unbranched alkanes of at least 4 members (excludes halogenated alkanes) is 3. The van der Waals surface area contributed by atoms with Crippen molar-refractivity contribution in [1.82, 2.24) is 0 Å². The molecule has 0 amide bonds. The first-order valence-corrected chi connectivity index (χ1v) is 10.2. The molecule has 0 bridgehead atoms. The summed E-state index contributed by atoms with van der Waals surface area (Å²) < 4.78 is 16.8. The summed E-state index contributed by atoms with van der Waals surface area (Å²) in [6, 6.07) is 20.2. The second-order valence-corrected chi connectivity index (χ2v) is 6.89. The van der Waals surface area contributed by atoms with Gasteiger partial charge in [-0.3, -0.25) is 0 Å². The molecule has 156 valence electrons. The van der Waals surface area contributed by atoms with Crippen LogP contribution in [0.3, 0.4) is 0 Å². The monoisotopic (exact) mass is 406 g/mol. The van der Waals surface area contributed by atoms with Gasteiger partial charge in [0.05, 0.1) is 12.2 Å². The number of carbonyl (C=O) groups is 1. The predicted molar refractivity (Wildman–Crippen MR) is 116 cm³/mol. The molecule has 5 heteroatoms. The van der Waals surface area contributed by atoms with E-state index in [2.05, 4.69) is 6.92 Å². The molecule has 0 spiro atoms. The highest BCUT2D eigenvalue weighted by molar-refractivity contribution is 5.91. The predicted octanol–water partition coefficient (Wildman–Crippen LogP) is 6.36. The van der Waals surface area contributed by atoms with Crippen molar-refractivity contribution < 1.29 is 24.1 Å². The molecule has 0 heterocycles. The second-order valence-electron chi connectivity index (χ2n) is 6.89. The Kier molecular flexibility index (Phi) is 7.72. The third kappa shape index (κ3) is 6.55. The van der Waals surface area contributed by atoms with Crippen LogP contribution in [-0.4, -0.2) is 17.7 Å². The number of benzene rings is 3. The number of hydrogen-bond donors (Lipinski definition) is 1. The van der Waals surface area contributed by atoms with Gasteiger partial charge in [0, 0.05) is 0 Å². The molecule has 30 heavy (non-hydrogen) atoms. The molecule has 0 saturated heterocycles. The van der Waals surface area contributed by atoms with E-state index in [4.69, 9.17) is 14.2 Å². The molecule has 1 N–H and O–H groups in total. The maximum Gasteiger partial charge on any atom is 0.343 e. The van der Waals surface area contributed by atoms with Gasteiger partial charge in [-0.25, -0.2) is 4.79 Å². The second kappa shape index (κ2) is 10.9. The maximum atomic E-state index is 12.3. The molecule has 0 saturated carbocycles. The molecular weight excluding hydrogens is 380 g/mol. The Bertz CT molecular complexity index is 915. The van der Waals surface area contributed by atoms with Crippen molar-refractivity contribution >= 4 is 5.97 Å². The molecule has 3 aromatic rings. The minimum absolute atomic E-state index is 0.177. The van der Waals surface area contributed by atoms with Crippen molar-refractivity contribution in [1.29, 1.82) is 0 Å². The molecule has 0 unspecified atom stereocenters. The quantitative estimate of drug-likeness (QED) is 0.241. The van der Waals surface area contributed by atoms with E-state index in [1.54, 1.807) is 72.8 Å². The maximum absolute atomic E-state index is 12.3. The normalized spacial score (nSPS) is 10.4. The van der Waals surface area contributed by atoms with Crippen LogP contribution in [0.25, 0.3) is 0 Å². The lowest BCUT2D eigenvalue weighted by Crippen LogP contribution is -2.08. The average Bonchev–Trinajstić information content (AvgIpc) is 2.77. The third-order valence-corrected chi connectivity index (χ3v) is 4.46. The molecule has 0 atom stereocenters. The summed E-state index contributed by atoms with van der Waals surface area (Å²) in [6.45, 7) is 2.86. The zero-order valence-corrected chi connectivity index (χ0v) is 17.0. The van der Waals surface area contributed by atoms with Crippen LogP contribution in [0.15, 0.2) is 72.8 Å². The van der Waals surface area contributed by atoms with Crippen LogP contribution < -0.4 is 14.2 Å². The standard InChI is InChI=1S/C25H26O5/c1-2-3-4-5-18-28-21-10-6-19(7-11-21)25(27)30-24-16-14-23(15-17-24)29-22-12-8-20(26)9-13-22/h6-17,26H,2-5,18H2,1H3. The van der Waals surface area contributed by atoms with Crippen LogP contribution in [-0.2, 0) is 0 Å². The van der Waals surface area contributed by atoms with Gasteiger partial charge >= 0.3 is 5.97 Å². The van der Waals surface area contributed by atoms with Gasteiger partial charge in [0.2, 0.25) is 0 Å². The number of esters is 1. The Labute approximate surface area is 176 Å². The summed E-state index contributed by atoms with van der Waals surface area (Å²) in [6.07, 6.45) is 4.62. The van der Waals surface area contributed by atoms with Gasteiger partial charge in [-0.15, -0.1) is 0 Å².